The molecule has 150 valence electrons. The van der Waals surface area contributed by atoms with Crippen molar-refractivity contribution in [3.05, 3.63) is 12.2 Å². The molecule has 0 aromatic carbocycles. The van der Waals surface area contributed by atoms with Crippen LogP contribution in [0.3, 0.4) is 0 Å². The van der Waals surface area contributed by atoms with E-state index in [2.05, 4.69) is 6.92 Å². The second kappa shape index (κ2) is 11.0. The van der Waals surface area contributed by atoms with Crippen LogP contribution in [0.25, 0.3) is 0 Å². The first kappa shape index (κ1) is 21.4. The Bertz CT molecular complexity index is 446. The van der Waals surface area contributed by atoms with Crippen LogP contribution in [0, 0.1) is 11.8 Å². The summed E-state index contributed by atoms with van der Waals surface area (Å²) in [7, 11) is 0. The fourth-order valence-electron chi connectivity index (χ4n) is 3.96. The molecule has 1 aliphatic carbocycles. The number of aliphatic hydroxyl groups excluding tert-OH is 2. The summed E-state index contributed by atoms with van der Waals surface area (Å²) in [6.45, 7) is 2.79. The number of aliphatic carboxylic acids is 1. The molecule has 1 aliphatic heterocycles. The molecule has 1 heterocycles. The third kappa shape index (κ3) is 6.65. The minimum atomic E-state index is -0.925. The molecule has 0 spiro atoms. The summed E-state index contributed by atoms with van der Waals surface area (Å²) >= 11 is 0. The van der Waals surface area contributed by atoms with Crippen molar-refractivity contribution in [2.24, 2.45) is 11.8 Å². The maximum atomic E-state index is 11.2. The molecule has 26 heavy (non-hydrogen) atoms. The first-order chi connectivity index (χ1) is 12.5. The molecule has 2 rings (SSSR count). The molecular formula is C20H34O6. The van der Waals surface area contributed by atoms with E-state index in [4.69, 9.17) is 9.47 Å². The lowest BCUT2D eigenvalue weighted by molar-refractivity contribution is -0.193. The van der Waals surface area contributed by atoms with Gasteiger partial charge in [-0.25, -0.2) is 0 Å². The van der Waals surface area contributed by atoms with E-state index in [9.17, 15) is 20.1 Å². The molecule has 2 aliphatic rings. The Kier molecular flexibility index (Phi) is 9.05. The van der Waals surface area contributed by atoms with Gasteiger partial charge in [0, 0.05) is 24.9 Å². The number of carboxylic acid groups (broad SMARTS) is 1. The van der Waals surface area contributed by atoms with Crippen molar-refractivity contribution in [3.8, 4) is 0 Å². The number of carboxylic acids is 1. The Morgan fingerprint density at radius 3 is 2.81 bits per heavy atom. The van der Waals surface area contributed by atoms with Gasteiger partial charge in [0.05, 0.1) is 24.7 Å². The summed E-state index contributed by atoms with van der Waals surface area (Å²) in [4.78, 5) is 11.2. The van der Waals surface area contributed by atoms with Gasteiger partial charge in [0.1, 0.15) is 0 Å². The minimum absolute atomic E-state index is 0.104. The average molecular weight is 370 g/mol. The van der Waals surface area contributed by atoms with Gasteiger partial charge >= 0.3 is 5.97 Å². The van der Waals surface area contributed by atoms with Crippen molar-refractivity contribution in [3.63, 3.8) is 0 Å². The van der Waals surface area contributed by atoms with Crippen LogP contribution < -0.4 is 0 Å². The smallest absolute Gasteiger partial charge is 0.303 e. The predicted octanol–water partition coefficient (Wildman–Crippen LogP) is 2.87. The lowest BCUT2D eigenvalue weighted by Crippen LogP contribution is -2.31. The molecule has 1 saturated heterocycles. The fourth-order valence-corrected chi connectivity index (χ4v) is 3.96. The maximum absolute atomic E-state index is 11.2. The summed E-state index contributed by atoms with van der Waals surface area (Å²) in [5.74, 6) is -1.56. The molecule has 2 unspecified atom stereocenters. The quantitative estimate of drug-likeness (QED) is 0.404. The van der Waals surface area contributed by atoms with Crippen molar-refractivity contribution >= 4 is 5.97 Å². The molecule has 0 bridgehead atoms. The van der Waals surface area contributed by atoms with E-state index < -0.39 is 24.1 Å². The molecule has 0 aromatic heterocycles. The molecule has 3 N–H and O–H groups in total. The highest BCUT2D eigenvalue weighted by Gasteiger charge is 2.44. The third-order valence-electron chi connectivity index (χ3n) is 5.43. The van der Waals surface area contributed by atoms with E-state index in [1.807, 2.05) is 6.08 Å². The number of rotatable bonds is 10. The largest absolute Gasteiger partial charge is 0.481 e. The van der Waals surface area contributed by atoms with Crippen LogP contribution in [0.15, 0.2) is 12.2 Å². The monoisotopic (exact) mass is 370 g/mol. The minimum Gasteiger partial charge on any atom is -0.481 e. The van der Waals surface area contributed by atoms with Crippen LogP contribution in [-0.2, 0) is 14.3 Å². The normalized spacial score (nSPS) is 33.6. The van der Waals surface area contributed by atoms with Gasteiger partial charge in [0.25, 0.3) is 0 Å². The van der Waals surface area contributed by atoms with Gasteiger partial charge < -0.3 is 24.8 Å². The van der Waals surface area contributed by atoms with Crippen molar-refractivity contribution < 1.29 is 29.6 Å². The summed E-state index contributed by atoms with van der Waals surface area (Å²) < 4.78 is 11.7. The topological polar surface area (TPSA) is 96.2 Å². The third-order valence-corrected chi connectivity index (χ3v) is 5.43. The summed E-state index contributed by atoms with van der Waals surface area (Å²) in [5, 5.41) is 29.7. The number of ether oxygens (including phenoxy) is 2. The number of aliphatic hydroxyl groups is 2. The Balaban J connectivity index is 2.00. The van der Waals surface area contributed by atoms with Crippen molar-refractivity contribution in [1.82, 2.24) is 0 Å². The molecule has 6 atom stereocenters. The van der Waals surface area contributed by atoms with E-state index in [0.29, 0.717) is 19.4 Å². The SMILES string of the molecule is CCCCCC(O)C=C[C@@H]1[C@@H](CC(=O)O)[C@@H](O)C[C@H]1OC1CCCCO1. The van der Waals surface area contributed by atoms with Gasteiger partial charge in [-0.15, -0.1) is 0 Å². The van der Waals surface area contributed by atoms with Crippen LogP contribution in [-0.4, -0.2) is 52.5 Å². The van der Waals surface area contributed by atoms with E-state index in [-0.39, 0.29) is 24.7 Å². The van der Waals surface area contributed by atoms with Crippen LogP contribution in [0.5, 0.6) is 0 Å². The van der Waals surface area contributed by atoms with Gasteiger partial charge in [0.15, 0.2) is 6.29 Å². The molecular weight excluding hydrogens is 336 g/mol. The first-order valence-electron chi connectivity index (χ1n) is 10.0. The number of hydrogen-bond donors (Lipinski definition) is 3. The van der Waals surface area contributed by atoms with Gasteiger partial charge in [-0.2, -0.15) is 0 Å². The van der Waals surface area contributed by atoms with Crippen LogP contribution in [0.2, 0.25) is 0 Å². The van der Waals surface area contributed by atoms with Gasteiger partial charge in [0.2, 0.25) is 0 Å². The van der Waals surface area contributed by atoms with Crippen molar-refractivity contribution in [2.75, 3.05) is 6.61 Å². The highest BCUT2D eigenvalue weighted by Crippen LogP contribution is 2.39. The zero-order valence-corrected chi connectivity index (χ0v) is 15.8. The Labute approximate surface area is 156 Å². The van der Waals surface area contributed by atoms with E-state index in [0.717, 1.165) is 38.5 Å². The average Bonchev–Trinajstić information content (AvgIpc) is 2.88. The molecule has 6 nitrogen and oxygen atoms in total. The highest BCUT2D eigenvalue weighted by atomic mass is 16.7. The standard InChI is InChI=1S/C20H34O6/c1-2-3-4-7-14(21)9-10-15-16(12-19(23)24)17(22)13-18(15)26-20-8-5-6-11-25-20/h9-10,14-18,20-22H,2-8,11-13H2,1H3,(H,23,24)/t14?,15-,16-,17+,18-,20?/m1/s1. The van der Waals surface area contributed by atoms with Gasteiger partial charge in [-0.1, -0.05) is 38.3 Å². The highest BCUT2D eigenvalue weighted by molar-refractivity contribution is 5.67. The molecule has 0 amide bonds. The van der Waals surface area contributed by atoms with Crippen LogP contribution in [0.4, 0.5) is 0 Å². The second-order valence-corrected chi connectivity index (χ2v) is 7.56. The molecule has 6 heteroatoms. The van der Waals surface area contributed by atoms with Crippen molar-refractivity contribution in [1.29, 1.82) is 0 Å². The van der Waals surface area contributed by atoms with Crippen molar-refractivity contribution in [2.45, 2.75) is 89.3 Å². The molecule has 2 fully saturated rings. The van der Waals surface area contributed by atoms with Gasteiger partial charge in [-0.05, 0) is 25.7 Å². The lowest BCUT2D eigenvalue weighted by Gasteiger charge is -2.29. The maximum Gasteiger partial charge on any atom is 0.303 e. The number of carbonyl (C=O) groups is 1. The lowest BCUT2D eigenvalue weighted by atomic mass is 9.89. The van der Waals surface area contributed by atoms with E-state index in [1.54, 1.807) is 6.08 Å². The predicted molar refractivity (Wildman–Crippen MR) is 97.6 cm³/mol. The first-order valence-corrected chi connectivity index (χ1v) is 10.0. The molecule has 0 aromatic rings. The second-order valence-electron chi connectivity index (χ2n) is 7.56. The zero-order chi connectivity index (χ0) is 18.9. The summed E-state index contributed by atoms with van der Waals surface area (Å²) in [6.07, 6.45) is 8.82. The Hall–Kier alpha value is -0.950. The number of unbranched alkanes of at least 4 members (excludes halogenated alkanes) is 2. The number of hydrogen-bond acceptors (Lipinski definition) is 5. The fraction of sp³-hybridized carbons (Fsp3) is 0.850. The summed E-state index contributed by atoms with van der Waals surface area (Å²) in [5.41, 5.74) is 0. The zero-order valence-electron chi connectivity index (χ0n) is 15.8. The summed E-state index contributed by atoms with van der Waals surface area (Å²) in [6, 6.07) is 0. The molecule has 0 radical (unpaired) electrons. The Morgan fingerprint density at radius 1 is 1.35 bits per heavy atom. The van der Waals surface area contributed by atoms with Crippen LogP contribution >= 0.6 is 0 Å². The Morgan fingerprint density at radius 2 is 2.15 bits per heavy atom. The molecule has 1 saturated carbocycles. The van der Waals surface area contributed by atoms with Crippen LogP contribution in [0.1, 0.15) is 64.7 Å². The van der Waals surface area contributed by atoms with E-state index >= 15 is 0 Å². The van der Waals surface area contributed by atoms with Gasteiger partial charge in [-0.3, -0.25) is 4.79 Å². The van der Waals surface area contributed by atoms with E-state index in [1.165, 1.54) is 0 Å².